The first-order valence-corrected chi connectivity index (χ1v) is 6.55. The molecule has 1 nitrogen and oxygen atoms in total. The van der Waals surface area contributed by atoms with Gasteiger partial charge in [-0.15, -0.1) is 0 Å². The summed E-state index contributed by atoms with van der Waals surface area (Å²) >= 11 is 0. The maximum Gasteiger partial charge on any atom is 0.116 e. The van der Waals surface area contributed by atoms with Crippen LogP contribution in [0.4, 0.5) is 0 Å². The average Bonchev–Trinajstić information content (AvgIpc) is 2.82. The molecule has 0 amide bonds. The molecule has 1 aromatic rings. The van der Waals surface area contributed by atoms with Gasteiger partial charge >= 0.3 is 0 Å². The summed E-state index contributed by atoms with van der Waals surface area (Å²) in [6.45, 7) is 8.48. The van der Waals surface area contributed by atoms with Gasteiger partial charge < -0.3 is 4.74 Å². The minimum absolute atomic E-state index is 0.179. The van der Waals surface area contributed by atoms with Gasteiger partial charge in [-0.05, 0) is 45.3 Å². The zero-order chi connectivity index (χ0) is 13.2. The highest BCUT2D eigenvalue weighted by Crippen LogP contribution is 2.39. The van der Waals surface area contributed by atoms with Crippen molar-refractivity contribution < 1.29 is 4.74 Å². The van der Waals surface area contributed by atoms with Gasteiger partial charge in [0.2, 0.25) is 0 Å². The summed E-state index contributed by atoms with van der Waals surface area (Å²) < 4.78 is 6.38. The van der Waals surface area contributed by atoms with E-state index in [-0.39, 0.29) is 11.2 Å². The number of benzene rings is 1. The largest absolute Gasteiger partial charge is 0.360 e. The van der Waals surface area contributed by atoms with E-state index < -0.39 is 0 Å². The van der Waals surface area contributed by atoms with Gasteiger partial charge in [-0.1, -0.05) is 48.6 Å². The highest BCUT2D eigenvalue weighted by molar-refractivity contribution is 5.41. The van der Waals surface area contributed by atoms with Gasteiger partial charge in [-0.3, -0.25) is 0 Å². The lowest BCUT2D eigenvalue weighted by Gasteiger charge is -2.38. The quantitative estimate of drug-likeness (QED) is 0.752. The third-order valence-electron chi connectivity index (χ3n) is 3.16. The third-order valence-corrected chi connectivity index (χ3v) is 3.16. The Labute approximate surface area is 110 Å². The zero-order valence-corrected chi connectivity index (χ0v) is 11.7. The lowest BCUT2D eigenvalue weighted by atomic mass is 9.87. The molecule has 0 aromatic heterocycles. The molecule has 0 bridgehead atoms. The SMILES string of the molecule is CC(C)(C)OC(C)(C1=CCC=C1)c1ccccc1. The Bertz CT molecular complexity index is 462. The first-order valence-electron chi connectivity index (χ1n) is 6.55. The molecule has 1 aromatic carbocycles. The molecule has 96 valence electrons. The Hall–Kier alpha value is -1.34. The minimum atomic E-state index is -0.369. The molecule has 0 spiro atoms. The molecular formula is C17H22O. The van der Waals surface area contributed by atoms with Gasteiger partial charge in [0.05, 0.1) is 5.60 Å². The van der Waals surface area contributed by atoms with Crippen molar-refractivity contribution in [3.05, 3.63) is 59.7 Å². The molecule has 0 saturated heterocycles. The summed E-state index contributed by atoms with van der Waals surface area (Å²) in [4.78, 5) is 0. The van der Waals surface area contributed by atoms with Crippen LogP contribution in [0.25, 0.3) is 0 Å². The van der Waals surface area contributed by atoms with E-state index in [2.05, 4.69) is 70.2 Å². The van der Waals surface area contributed by atoms with Crippen LogP contribution in [-0.2, 0) is 10.3 Å². The summed E-state index contributed by atoms with van der Waals surface area (Å²) in [5.74, 6) is 0. The number of ether oxygens (including phenoxy) is 1. The third kappa shape index (κ3) is 2.73. The van der Waals surface area contributed by atoms with E-state index >= 15 is 0 Å². The van der Waals surface area contributed by atoms with E-state index in [0.29, 0.717) is 0 Å². The van der Waals surface area contributed by atoms with E-state index in [1.54, 1.807) is 0 Å². The molecule has 1 unspecified atom stereocenters. The van der Waals surface area contributed by atoms with Crippen molar-refractivity contribution in [1.82, 2.24) is 0 Å². The lowest BCUT2D eigenvalue weighted by molar-refractivity contribution is -0.104. The molecule has 0 aliphatic heterocycles. The van der Waals surface area contributed by atoms with Gasteiger partial charge in [-0.25, -0.2) is 0 Å². The van der Waals surface area contributed by atoms with Crippen molar-refractivity contribution in [2.75, 3.05) is 0 Å². The molecule has 0 fully saturated rings. The minimum Gasteiger partial charge on any atom is -0.360 e. The van der Waals surface area contributed by atoms with Crippen molar-refractivity contribution in [2.24, 2.45) is 0 Å². The highest BCUT2D eigenvalue weighted by Gasteiger charge is 2.35. The normalized spacial score (nSPS) is 18.6. The van der Waals surface area contributed by atoms with Crippen LogP contribution in [-0.4, -0.2) is 5.60 Å². The molecule has 1 aliphatic carbocycles. The Morgan fingerprint density at radius 1 is 1.00 bits per heavy atom. The van der Waals surface area contributed by atoms with Gasteiger partial charge in [0.15, 0.2) is 0 Å². The summed E-state index contributed by atoms with van der Waals surface area (Å²) in [7, 11) is 0. The topological polar surface area (TPSA) is 9.23 Å². The van der Waals surface area contributed by atoms with Gasteiger partial charge in [0.25, 0.3) is 0 Å². The second kappa shape index (κ2) is 4.74. The molecule has 1 aliphatic rings. The molecule has 1 heteroatoms. The summed E-state index contributed by atoms with van der Waals surface area (Å²) in [6, 6.07) is 10.5. The van der Waals surface area contributed by atoms with Crippen molar-refractivity contribution in [1.29, 1.82) is 0 Å². The summed E-state index contributed by atoms with van der Waals surface area (Å²) in [5.41, 5.74) is 1.91. The smallest absolute Gasteiger partial charge is 0.116 e. The van der Waals surface area contributed by atoms with Crippen molar-refractivity contribution in [3.8, 4) is 0 Å². The van der Waals surface area contributed by atoms with Crippen LogP contribution in [0.5, 0.6) is 0 Å². The average molecular weight is 242 g/mol. The van der Waals surface area contributed by atoms with Crippen molar-refractivity contribution in [3.63, 3.8) is 0 Å². The molecule has 0 heterocycles. The number of allylic oxidation sites excluding steroid dienone is 2. The van der Waals surface area contributed by atoms with Crippen LogP contribution < -0.4 is 0 Å². The first kappa shape index (κ1) is 13.1. The van der Waals surface area contributed by atoms with Gasteiger partial charge in [0, 0.05) is 0 Å². The van der Waals surface area contributed by atoms with Crippen LogP contribution in [0.15, 0.2) is 54.1 Å². The molecular weight excluding hydrogens is 220 g/mol. The van der Waals surface area contributed by atoms with Crippen LogP contribution in [0.3, 0.4) is 0 Å². The monoisotopic (exact) mass is 242 g/mol. The lowest BCUT2D eigenvalue weighted by Crippen LogP contribution is -2.36. The van der Waals surface area contributed by atoms with Crippen LogP contribution in [0, 0.1) is 0 Å². The van der Waals surface area contributed by atoms with Crippen LogP contribution in [0.2, 0.25) is 0 Å². The van der Waals surface area contributed by atoms with Crippen LogP contribution in [0.1, 0.15) is 39.7 Å². The Kier molecular flexibility index (Phi) is 3.45. The second-order valence-corrected chi connectivity index (χ2v) is 5.91. The molecule has 0 saturated carbocycles. The predicted molar refractivity (Wildman–Crippen MR) is 76.5 cm³/mol. The number of rotatable bonds is 3. The number of hydrogen-bond donors (Lipinski definition) is 0. The van der Waals surface area contributed by atoms with E-state index in [9.17, 15) is 0 Å². The van der Waals surface area contributed by atoms with Crippen molar-refractivity contribution >= 4 is 0 Å². The second-order valence-electron chi connectivity index (χ2n) is 5.91. The van der Waals surface area contributed by atoms with E-state index in [1.165, 1.54) is 11.1 Å². The summed E-state index contributed by atoms with van der Waals surface area (Å²) in [5, 5.41) is 0. The first-order chi connectivity index (χ1) is 8.42. The Balaban J connectivity index is 2.43. The molecule has 18 heavy (non-hydrogen) atoms. The van der Waals surface area contributed by atoms with Gasteiger partial charge in [0.1, 0.15) is 5.60 Å². The van der Waals surface area contributed by atoms with Crippen molar-refractivity contribution in [2.45, 2.75) is 45.3 Å². The fourth-order valence-electron chi connectivity index (χ4n) is 2.46. The Morgan fingerprint density at radius 3 is 2.17 bits per heavy atom. The molecule has 0 N–H and O–H groups in total. The Morgan fingerprint density at radius 2 is 1.67 bits per heavy atom. The standard InChI is InChI=1S/C17H22O/c1-16(2,3)18-17(4,15-12-8-9-13-15)14-10-6-5-7-11-14/h5-8,10-13H,9H2,1-4H3. The van der Waals surface area contributed by atoms with Gasteiger partial charge in [-0.2, -0.15) is 0 Å². The predicted octanol–water partition coefficient (Wildman–Crippen LogP) is 4.60. The highest BCUT2D eigenvalue weighted by atomic mass is 16.5. The molecule has 0 radical (unpaired) electrons. The maximum absolute atomic E-state index is 6.38. The van der Waals surface area contributed by atoms with E-state index in [1.807, 2.05) is 6.07 Å². The molecule has 1 atom stereocenters. The van der Waals surface area contributed by atoms with E-state index in [0.717, 1.165) is 6.42 Å². The summed E-state index contributed by atoms with van der Waals surface area (Å²) in [6.07, 6.45) is 7.62. The fourth-order valence-corrected chi connectivity index (χ4v) is 2.46. The zero-order valence-electron chi connectivity index (χ0n) is 11.7. The maximum atomic E-state index is 6.38. The van der Waals surface area contributed by atoms with E-state index in [4.69, 9.17) is 4.74 Å². The molecule has 2 rings (SSSR count). The number of hydrogen-bond acceptors (Lipinski definition) is 1. The van der Waals surface area contributed by atoms with Crippen LogP contribution >= 0.6 is 0 Å². The fraction of sp³-hybridized carbons (Fsp3) is 0.412.